The molecule has 316 valence electrons. The minimum Gasteiger partial charge on any atom is -0.481 e. The fourth-order valence-corrected chi connectivity index (χ4v) is 9.83. The van der Waals surface area contributed by atoms with Crippen LogP contribution in [0.15, 0.2) is 125 Å². The fraction of sp³-hybridized carbons (Fsp3) is 0.413. The number of para-hydroxylation sites is 2. The first-order chi connectivity index (χ1) is 27.9. The first-order valence-corrected chi connectivity index (χ1v) is 23.4. The first-order valence-electron chi connectivity index (χ1n) is 20.4. The molecule has 0 saturated carbocycles. The van der Waals surface area contributed by atoms with Gasteiger partial charge in [0.2, 0.25) is 0 Å². The molecule has 3 aliphatic rings. The topological polar surface area (TPSA) is 162 Å². The molecule has 2 aliphatic heterocycles. The number of carboxylic acid groups (broad SMARTS) is 1. The average molecular weight is 868 g/mol. The van der Waals surface area contributed by atoms with E-state index in [2.05, 4.69) is 92.1 Å². The van der Waals surface area contributed by atoms with Crippen LogP contribution in [0.3, 0.4) is 0 Å². The van der Waals surface area contributed by atoms with Crippen molar-refractivity contribution in [2.75, 3.05) is 28.6 Å². The Balaban J connectivity index is 0.00000683. The zero-order chi connectivity index (χ0) is 42.6. The van der Waals surface area contributed by atoms with Gasteiger partial charge in [-0.05, 0) is 110 Å². The van der Waals surface area contributed by atoms with Crippen molar-refractivity contribution in [3.8, 4) is 5.75 Å². The number of ether oxygens (including phenoxy) is 1. The number of allylic oxidation sites excluding steroid dienone is 6. The van der Waals surface area contributed by atoms with E-state index >= 15 is 0 Å². The second kappa shape index (κ2) is 19.6. The summed E-state index contributed by atoms with van der Waals surface area (Å²) in [6.07, 6.45) is 14.3. The summed E-state index contributed by atoms with van der Waals surface area (Å²) in [5.41, 5.74) is 7.12. The molecule has 60 heavy (non-hydrogen) atoms. The predicted molar refractivity (Wildman–Crippen MR) is 232 cm³/mol. The standard InChI is InChI=1S/C46H56N2O9S2.Na/c1-45(2)37-17-7-9-19-39(37)47(30-11-5-6-21-43(49)50)41(45)28-22-33-15-14-16-34(44(33)57-35-24-26-36(27-25-35)59(54,55)56)23-29-42-46(3,4)38-18-8-10-20-40(38)48(42)31-12-13-32-58(51,52)53;/h7-10,17-20,22-29,42H,5-6,11-16,21,30-32H2,1-4H3,(H,49,50)(H,51,52,53)(H,54,55,56);/q;+1/b29-23+,33-22+,41-28+;. The summed E-state index contributed by atoms with van der Waals surface area (Å²) in [6, 6.07) is 22.3. The largest absolute Gasteiger partial charge is 1.00 e. The summed E-state index contributed by atoms with van der Waals surface area (Å²) in [5.74, 6) is 0.0228. The maximum Gasteiger partial charge on any atom is 1.00 e. The maximum atomic E-state index is 11.8. The van der Waals surface area contributed by atoms with E-state index in [-0.39, 0.29) is 63.5 Å². The van der Waals surface area contributed by atoms with Crippen LogP contribution in [0.4, 0.5) is 11.4 Å². The zero-order valence-electron chi connectivity index (χ0n) is 35.3. The summed E-state index contributed by atoms with van der Waals surface area (Å²) >= 11 is 0. The van der Waals surface area contributed by atoms with Crippen LogP contribution in [0.2, 0.25) is 0 Å². The molecule has 0 saturated heterocycles. The molecular weight excluding hydrogens is 812 g/mol. The van der Waals surface area contributed by atoms with Crippen molar-refractivity contribution in [3.05, 3.63) is 131 Å². The van der Waals surface area contributed by atoms with E-state index in [4.69, 9.17) is 9.84 Å². The van der Waals surface area contributed by atoms with Crippen LogP contribution < -0.4 is 44.1 Å². The van der Waals surface area contributed by atoms with E-state index in [0.717, 1.165) is 66.9 Å². The Morgan fingerprint density at radius 1 is 0.800 bits per heavy atom. The predicted octanol–water partition coefficient (Wildman–Crippen LogP) is 6.40. The van der Waals surface area contributed by atoms with Crippen LogP contribution in [0.1, 0.15) is 96.6 Å². The average Bonchev–Trinajstić information content (AvgIpc) is 3.52. The Bertz CT molecular complexity index is 2380. The molecule has 3 aromatic rings. The van der Waals surface area contributed by atoms with Gasteiger partial charge in [0, 0.05) is 47.4 Å². The third-order valence-electron chi connectivity index (χ3n) is 11.8. The van der Waals surface area contributed by atoms with Crippen molar-refractivity contribution in [3.63, 3.8) is 0 Å². The number of rotatable bonds is 17. The Labute approximate surface area is 377 Å². The number of benzene rings is 3. The van der Waals surface area contributed by atoms with Gasteiger partial charge in [-0.15, -0.1) is 0 Å². The van der Waals surface area contributed by atoms with E-state index in [1.165, 1.54) is 35.4 Å². The second-order valence-corrected chi connectivity index (χ2v) is 19.7. The Morgan fingerprint density at radius 2 is 1.45 bits per heavy atom. The SMILES string of the molecule is CC1(C)/C(=C\C=C2/CCCC(/C=C/C3N(CCCCS(=O)(=O)O)c4ccccc4C3(C)C)=C2Oc2ccc(S(=O)(=O)O)cc2)N(CCCCCC(=O)O)c2ccccc21.[Na+]. The number of nitrogens with zero attached hydrogens (tertiary/aromatic N) is 2. The Hall–Kier alpha value is -3.69. The van der Waals surface area contributed by atoms with Gasteiger partial charge in [0.1, 0.15) is 11.5 Å². The molecular formula is C46H56N2NaO9S2+. The monoisotopic (exact) mass is 867 g/mol. The van der Waals surface area contributed by atoms with E-state index < -0.39 is 26.2 Å². The smallest absolute Gasteiger partial charge is 0.481 e. The van der Waals surface area contributed by atoms with Gasteiger partial charge in [0.05, 0.1) is 16.7 Å². The van der Waals surface area contributed by atoms with Crippen molar-refractivity contribution >= 4 is 37.6 Å². The van der Waals surface area contributed by atoms with E-state index in [9.17, 15) is 30.7 Å². The van der Waals surface area contributed by atoms with Crippen LogP contribution in [0, 0.1) is 0 Å². The number of hydrogen-bond acceptors (Lipinski definition) is 8. The van der Waals surface area contributed by atoms with Gasteiger partial charge < -0.3 is 19.6 Å². The van der Waals surface area contributed by atoms with E-state index in [1.807, 2.05) is 18.2 Å². The Kier molecular flexibility index (Phi) is 15.4. The first kappa shape index (κ1) is 47.4. The van der Waals surface area contributed by atoms with Crippen molar-refractivity contribution in [2.45, 2.75) is 107 Å². The van der Waals surface area contributed by atoms with Gasteiger partial charge in [-0.1, -0.05) is 88.7 Å². The molecule has 1 aliphatic carbocycles. The molecule has 0 bridgehead atoms. The molecule has 3 N–H and O–H groups in total. The number of carbonyl (C=O) groups is 1. The summed E-state index contributed by atoms with van der Waals surface area (Å²) < 4.78 is 72.3. The molecule has 3 aromatic carbocycles. The van der Waals surface area contributed by atoms with Crippen LogP contribution in [0.25, 0.3) is 0 Å². The number of carboxylic acids is 1. The van der Waals surface area contributed by atoms with Crippen LogP contribution in [-0.2, 0) is 35.9 Å². The number of fused-ring (bicyclic) bond motifs is 2. The number of unbranched alkanes of at least 4 members (excludes halogenated alkanes) is 3. The zero-order valence-corrected chi connectivity index (χ0v) is 38.9. The number of hydrogen-bond donors (Lipinski definition) is 3. The van der Waals surface area contributed by atoms with Gasteiger partial charge in [-0.3, -0.25) is 13.9 Å². The third-order valence-corrected chi connectivity index (χ3v) is 13.5. The fourth-order valence-electron chi connectivity index (χ4n) is 8.78. The van der Waals surface area contributed by atoms with Gasteiger partial charge in [0.25, 0.3) is 20.2 Å². The summed E-state index contributed by atoms with van der Waals surface area (Å²) in [7, 11) is -8.45. The number of anilines is 2. The van der Waals surface area contributed by atoms with Crippen LogP contribution in [-0.4, -0.2) is 61.9 Å². The molecule has 11 nitrogen and oxygen atoms in total. The van der Waals surface area contributed by atoms with Crippen molar-refractivity contribution < 1.29 is 70.1 Å². The van der Waals surface area contributed by atoms with Crippen LogP contribution >= 0.6 is 0 Å². The summed E-state index contributed by atoms with van der Waals surface area (Å²) in [5, 5.41) is 9.15. The van der Waals surface area contributed by atoms with Crippen LogP contribution in [0.5, 0.6) is 5.75 Å². The quantitative estimate of drug-likeness (QED) is 0.0783. The third kappa shape index (κ3) is 11.0. The molecule has 1 unspecified atom stereocenters. The summed E-state index contributed by atoms with van der Waals surface area (Å²) in [6.45, 7) is 10.2. The molecule has 0 aromatic heterocycles. The maximum absolute atomic E-state index is 11.8. The van der Waals surface area contributed by atoms with E-state index in [0.29, 0.717) is 37.3 Å². The molecule has 0 amide bonds. The van der Waals surface area contributed by atoms with Gasteiger partial charge >= 0.3 is 35.5 Å². The molecule has 14 heteroatoms. The second-order valence-electron chi connectivity index (χ2n) is 16.7. The normalized spacial score (nSPS) is 19.8. The van der Waals surface area contributed by atoms with E-state index in [1.54, 1.807) is 0 Å². The van der Waals surface area contributed by atoms with Gasteiger partial charge in [-0.2, -0.15) is 16.8 Å². The van der Waals surface area contributed by atoms with Gasteiger partial charge in [0.15, 0.2) is 0 Å². The minimum absolute atomic E-state index is 0. The molecule has 6 rings (SSSR count). The Morgan fingerprint density at radius 3 is 2.12 bits per heavy atom. The number of aliphatic carboxylic acids is 1. The van der Waals surface area contributed by atoms with Crippen molar-refractivity contribution in [2.24, 2.45) is 0 Å². The van der Waals surface area contributed by atoms with Crippen molar-refractivity contribution in [1.29, 1.82) is 0 Å². The molecule has 0 spiro atoms. The minimum atomic E-state index is -4.39. The molecule has 2 heterocycles. The van der Waals surface area contributed by atoms with Gasteiger partial charge in [-0.25, -0.2) is 0 Å². The molecule has 1 atom stereocenters. The summed E-state index contributed by atoms with van der Waals surface area (Å²) in [4.78, 5) is 15.6. The molecule has 0 radical (unpaired) electrons. The molecule has 0 fully saturated rings. The van der Waals surface area contributed by atoms with Crippen molar-refractivity contribution in [1.82, 2.24) is 0 Å².